The molecule has 53 heavy (non-hydrogen) atoms. The number of hydrogen-bond donors (Lipinski definition) is 0. The van der Waals surface area contributed by atoms with Gasteiger partial charge in [-0.3, -0.25) is 0 Å². The van der Waals surface area contributed by atoms with Crippen molar-refractivity contribution in [3.63, 3.8) is 0 Å². The molecule has 1 atom stereocenters. The maximum absolute atomic E-state index is 6.85. The van der Waals surface area contributed by atoms with Crippen LogP contribution in [0.2, 0.25) is 0 Å². The molecule has 9 aromatic carbocycles. The van der Waals surface area contributed by atoms with Gasteiger partial charge < -0.3 is 9.64 Å². The standard InChI is InChI=1S/C51H33NO/c1-2-15-39(16-3-1)52(41-29-24-34-12-4-5-14-37(34)32-41)40-27-22-35(23-28-40)38-25-30-44-43-18-8-9-19-45(43)51(48(44)33-38)46-20-10-11-21-49(46)53-50-42-17-7-6-13-36(42)26-31-47(50)51/h1-33H. The van der Waals surface area contributed by atoms with Crippen LogP contribution >= 0.6 is 0 Å². The Balaban J connectivity index is 1.08. The fourth-order valence-corrected chi connectivity index (χ4v) is 8.95. The van der Waals surface area contributed by atoms with E-state index in [1.807, 2.05) is 0 Å². The van der Waals surface area contributed by atoms with Crippen LogP contribution in [0, 0.1) is 0 Å². The molecule has 0 N–H and O–H groups in total. The molecule has 0 bridgehead atoms. The molecule has 1 spiro atoms. The summed E-state index contributed by atoms with van der Waals surface area (Å²) in [6, 6.07) is 72.6. The van der Waals surface area contributed by atoms with Crippen LogP contribution in [0.4, 0.5) is 17.1 Å². The van der Waals surface area contributed by atoms with Crippen LogP contribution < -0.4 is 9.64 Å². The lowest BCUT2D eigenvalue weighted by atomic mass is 9.65. The third kappa shape index (κ3) is 4.39. The molecule has 1 unspecified atom stereocenters. The fourth-order valence-electron chi connectivity index (χ4n) is 8.95. The summed E-state index contributed by atoms with van der Waals surface area (Å²) in [6.07, 6.45) is 0. The van der Waals surface area contributed by atoms with E-state index in [1.165, 1.54) is 60.7 Å². The van der Waals surface area contributed by atoms with Crippen molar-refractivity contribution in [1.82, 2.24) is 0 Å². The Morgan fingerprint density at radius 3 is 1.85 bits per heavy atom. The van der Waals surface area contributed by atoms with Gasteiger partial charge in [-0.2, -0.15) is 0 Å². The number of benzene rings is 9. The van der Waals surface area contributed by atoms with E-state index in [9.17, 15) is 0 Å². The summed E-state index contributed by atoms with van der Waals surface area (Å²) in [5.74, 6) is 1.84. The number of anilines is 3. The summed E-state index contributed by atoms with van der Waals surface area (Å²) >= 11 is 0. The minimum absolute atomic E-state index is 0.531. The predicted octanol–water partition coefficient (Wildman–Crippen LogP) is 13.6. The first kappa shape index (κ1) is 29.8. The second kappa shape index (κ2) is 11.6. The topological polar surface area (TPSA) is 12.5 Å². The first-order valence-corrected chi connectivity index (χ1v) is 18.3. The SMILES string of the molecule is c1ccc(N(c2ccc(-c3ccc4c(c3)C3(c5ccccc5Oc5c3ccc3ccccc53)c3ccccc3-4)cc2)c2ccc3ccccc3c2)cc1. The summed E-state index contributed by atoms with van der Waals surface area (Å²) in [7, 11) is 0. The first-order valence-electron chi connectivity index (χ1n) is 18.3. The molecule has 11 rings (SSSR count). The van der Waals surface area contributed by atoms with Crippen molar-refractivity contribution in [2.45, 2.75) is 5.41 Å². The van der Waals surface area contributed by atoms with E-state index in [0.29, 0.717) is 0 Å². The van der Waals surface area contributed by atoms with Crippen LogP contribution in [0.3, 0.4) is 0 Å². The highest BCUT2D eigenvalue weighted by atomic mass is 16.5. The fraction of sp³-hybridized carbons (Fsp3) is 0.0196. The van der Waals surface area contributed by atoms with Crippen molar-refractivity contribution in [3.05, 3.63) is 222 Å². The number of ether oxygens (including phenoxy) is 1. The Morgan fingerprint density at radius 1 is 0.358 bits per heavy atom. The molecule has 2 heteroatoms. The van der Waals surface area contributed by atoms with Gasteiger partial charge in [0.15, 0.2) is 0 Å². The van der Waals surface area contributed by atoms with E-state index in [2.05, 4.69) is 205 Å². The van der Waals surface area contributed by atoms with E-state index in [0.717, 1.165) is 33.9 Å². The van der Waals surface area contributed by atoms with Gasteiger partial charge >= 0.3 is 0 Å². The Hall–Kier alpha value is -6.90. The van der Waals surface area contributed by atoms with E-state index >= 15 is 0 Å². The highest BCUT2D eigenvalue weighted by Crippen LogP contribution is 2.63. The molecular formula is C51H33NO. The molecule has 1 heterocycles. The highest BCUT2D eigenvalue weighted by molar-refractivity contribution is 5.96. The Labute approximate surface area is 308 Å². The number of rotatable bonds is 4. The maximum Gasteiger partial charge on any atom is 0.140 e. The van der Waals surface area contributed by atoms with Gasteiger partial charge in [-0.05, 0) is 98.1 Å². The molecule has 0 saturated heterocycles. The van der Waals surface area contributed by atoms with Crippen LogP contribution in [0.1, 0.15) is 22.3 Å². The average Bonchev–Trinajstić information content (AvgIpc) is 3.51. The van der Waals surface area contributed by atoms with Crippen molar-refractivity contribution in [2.24, 2.45) is 0 Å². The monoisotopic (exact) mass is 675 g/mol. The Bertz CT molecular complexity index is 2870. The summed E-state index contributed by atoms with van der Waals surface area (Å²) in [4.78, 5) is 2.34. The average molecular weight is 676 g/mol. The number of fused-ring (bicyclic) bond motifs is 12. The predicted molar refractivity (Wildman–Crippen MR) is 219 cm³/mol. The molecular weight excluding hydrogens is 643 g/mol. The third-order valence-electron chi connectivity index (χ3n) is 11.3. The van der Waals surface area contributed by atoms with E-state index in [-0.39, 0.29) is 0 Å². The molecule has 0 fully saturated rings. The summed E-state index contributed by atoms with van der Waals surface area (Å²) < 4.78 is 6.85. The zero-order chi connectivity index (χ0) is 34.9. The summed E-state index contributed by atoms with van der Waals surface area (Å²) in [5.41, 5.74) is 12.7. The maximum atomic E-state index is 6.85. The van der Waals surface area contributed by atoms with Crippen LogP contribution in [-0.4, -0.2) is 0 Å². The molecule has 2 nitrogen and oxygen atoms in total. The minimum Gasteiger partial charge on any atom is -0.456 e. The second-order valence-electron chi connectivity index (χ2n) is 14.1. The van der Waals surface area contributed by atoms with Crippen molar-refractivity contribution >= 4 is 38.6 Å². The normalized spacial score (nSPS) is 15.0. The van der Waals surface area contributed by atoms with Gasteiger partial charge in [-0.15, -0.1) is 0 Å². The van der Waals surface area contributed by atoms with Gasteiger partial charge in [0.2, 0.25) is 0 Å². The molecule has 0 amide bonds. The Kier molecular flexibility index (Phi) is 6.50. The molecule has 248 valence electrons. The highest BCUT2D eigenvalue weighted by Gasteiger charge is 2.51. The minimum atomic E-state index is -0.531. The van der Waals surface area contributed by atoms with E-state index < -0.39 is 5.41 Å². The quantitative estimate of drug-likeness (QED) is 0.184. The van der Waals surface area contributed by atoms with Crippen molar-refractivity contribution < 1.29 is 4.74 Å². The summed E-state index contributed by atoms with van der Waals surface area (Å²) in [6.45, 7) is 0. The van der Waals surface area contributed by atoms with Crippen LogP contribution in [-0.2, 0) is 5.41 Å². The second-order valence-corrected chi connectivity index (χ2v) is 14.1. The molecule has 0 radical (unpaired) electrons. The largest absolute Gasteiger partial charge is 0.456 e. The van der Waals surface area contributed by atoms with Crippen LogP contribution in [0.15, 0.2) is 200 Å². The molecule has 0 saturated carbocycles. The van der Waals surface area contributed by atoms with Gasteiger partial charge in [0.25, 0.3) is 0 Å². The van der Waals surface area contributed by atoms with E-state index in [1.54, 1.807) is 0 Å². The van der Waals surface area contributed by atoms with Gasteiger partial charge in [0, 0.05) is 33.6 Å². The van der Waals surface area contributed by atoms with Crippen LogP contribution in [0.25, 0.3) is 43.8 Å². The Morgan fingerprint density at radius 2 is 0.981 bits per heavy atom. The molecule has 1 aliphatic carbocycles. The smallest absolute Gasteiger partial charge is 0.140 e. The molecule has 2 aliphatic rings. The number of para-hydroxylation sites is 2. The van der Waals surface area contributed by atoms with Gasteiger partial charge in [-0.25, -0.2) is 0 Å². The van der Waals surface area contributed by atoms with Crippen LogP contribution in [0.5, 0.6) is 11.5 Å². The zero-order valence-corrected chi connectivity index (χ0v) is 28.9. The van der Waals surface area contributed by atoms with E-state index in [4.69, 9.17) is 4.74 Å². The molecule has 0 aromatic heterocycles. The van der Waals surface area contributed by atoms with Gasteiger partial charge in [0.05, 0.1) is 5.41 Å². The van der Waals surface area contributed by atoms with Gasteiger partial charge in [-0.1, -0.05) is 152 Å². The summed E-state index contributed by atoms with van der Waals surface area (Å²) in [5, 5.41) is 4.76. The van der Waals surface area contributed by atoms with Gasteiger partial charge in [0.1, 0.15) is 11.5 Å². The lowest BCUT2D eigenvalue weighted by molar-refractivity contribution is 0.442. The lowest BCUT2D eigenvalue weighted by Gasteiger charge is -2.40. The number of nitrogens with zero attached hydrogens (tertiary/aromatic N) is 1. The molecule has 9 aromatic rings. The van der Waals surface area contributed by atoms with Crippen molar-refractivity contribution in [3.8, 4) is 33.8 Å². The lowest BCUT2D eigenvalue weighted by Crippen LogP contribution is -2.32. The third-order valence-corrected chi connectivity index (χ3v) is 11.3. The number of hydrogen-bond acceptors (Lipinski definition) is 2. The van der Waals surface area contributed by atoms with Crippen molar-refractivity contribution in [2.75, 3.05) is 4.90 Å². The van der Waals surface area contributed by atoms with Crippen molar-refractivity contribution in [1.29, 1.82) is 0 Å². The molecule has 1 aliphatic heterocycles. The first-order chi connectivity index (χ1) is 26.3. The zero-order valence-electron chi connectivity index (χ0n) is 28.9.